The molecule has 2 aromatic heterocycles. The van der Waals surface area contributed by atoms with E-state index in [0.717, 1.165) is 0 Å². The molecule has 0 fully saturated rings. The third-order valence-electron chi connectivity index (χ3n) is 2.59. The Bertz CT molecular complexity index is 667. The van der Waals surface area contributed by atoms with E-state index < -0.39 is 11.9 Å². The average molecular weight is 261 g/mol. The van der Waals surface area contributed by atoms with Gasteiger partial charge >= 0.3 is 0 Å². The van der Waals surface area contributed by atoms with Crippen molar-refractivity contribution in [2.24, 2.45) is 0 Å². The summed E-state index contributed by atoms with van der Waals surface area (Å²) in [4.78, 5) is 26.6. The first-order chi connectivity index (χ1) is 9.11. The van der Waals surface area contributed by atoms with Gasteiger partial charge in [-0.2, -0.15) is 4.39 Å². The van der Waals surface area contributed by atoms with Gasteiger partial charge in [0.05, 0.1) is 11.3 Å². The highest BCUT2D eigenvalue weighted by Crippen LogP contribution is 2.09. The van der Waals surface area contributed by atoms with Gasteiger partial charge in [0, 0.05) is 25.0 Å². The fourth-order valence-corrected chi connectivity index (χ4v) is 1.61. The second-order valence-electron chi connectivity index (χ2n) is 3.84. The molecule has 0 unspecified atom stereocenters. The molecule has 0 aromatic carbocycles. The fraction of sp³-hybridized carbons (Fsp3) is 0.154. The Morgan fingerprint density at radius 3 is 2.89 bits per heavy atom. The maximum absolute atomic E-state index is 13.3. The van der Waals surface area contributed by atoms with Gasteiger partial charge in [0.25, 0.3) is 11.5 Å². The molecule has 0 aliphatic carbocycles. The largest absolute Gasteiger partial charge is 0.321 e. The van der Waals surface area contributed by atoms with Gasteiger partial charge in [-0.05, 0) is 25.1 Å². The Kier molecular flexibility index (Phi) is 3.70. The topological polar surface area (TPSA) is 64.0 Å². The summed E-state index contributed by atoms with van der Waals surface area (Å²) in [6, 6.07) is 5.64. The maximum atomic E-state index is 13.3. The van der Waals surface area contributed by atoms with Gasteiger partial charge in [0.15, 0.2) is 0 Å². The highest BCUT2D eigenvalue weighted by atomic mass is 19.1. The van der Waals surface area contributed by atoms with Gasteiger partial charge in [0.2, 0.25) is 5.95 Å². The molecule has 2 heterocycles. The number of nitrogens with zero attached hydrogens (tertiary/aromatic N) is 2. The number of hydrogen-bond donors (Lipinski definition) is 1. The molecule has 98 valence electrons. The number of amides is 1. The number of carbonyl (C=O) groups excluding carboxylic acids is 1. The zero-order valence-corrected chi connectivity index (χ0v) is 10.3. The molecule has 2 aromatic rings. The average Bonchev–Trinajstić information content (AvgIpc) is 2.41. The molecule has 5 nitrogen and oxygen atoms in total. The van der Waals surface area contributed by atoms with E-state index in [0.29, 0.717) is 12.2 Å². The SMILES string of the molecule is CCn1cc(NC(=O)c2cccnc2F)ccc1=O. The molecule has 0 aliphatic rings. The van der Waals surface area contributed by atoms with Crippen molar-refractivity contribution in [2.45, 2.75) is 13.5 Å². The van der Waals surface area contributed by atoms with E-state index in [-0.39, 0.29) is 11.1 Å². The van der Waals surface area contributed by atoms with E-state index in [9.17, 15) is 14.0 Å². The number of aryl methyl sites for hydroxylation is 1. The van der Waals surface area contributed by atoms with Crippen molar-refractivity contribution in [3.8, 4) is 0 Å². The molecule has 0 aliphatic heterocycles. The number of anilines is 1. The van der Waals surface area contributed by atoms with Crippen molar-refractivity contribution in [3.05, 3.63) is 58.5 Å². The smallest absolute Gasteiger partial charge is 0.260 e. The number of carbonyl (C=O) groups is 1. The third kappa shape index (κ3) is 2.85. The number of nitrogens with one attached hydrogen (secondary N) is 1. The molecular formula is C13H12FN3O2. The lowest BCUT2D eigenvalue weighted by atomic mass is 10.2. The van der Waals surface area contributed by atoms with Crippen molar-refractivity contribution >= 4 is 11.6 Å². The number of pyridine rings is 2. The molecule has 0 saturated heterocycles. The quantitative estimate of drug-likeness (QED) is 0.854. The molecule has 2 rings (SSSR count). The second-order valence-corrected chi connectivity index (χ2v) is 3.84. The molecule has 0 bridgehead atoms. The van der Waals surface area contributed by atoms with Crippen LogP contribution in [0.15, 0.2) is 41.5 Å². The summed E-state index contributed by atoms with van der Waals surface area (Å²) in [7, 11) is 0. The van der Waals surface area contributed by atoms with Gasteiger partial charge in [-0.25, -0.2) is 4.98 Å². The first-order valence-corrected chi connectivity index (χ1v) is 5.74. The third-order valence-corrected chi connectivity index (χ3v) is 2.59. The molecule has 0 atom stereocenters. The summed E-state index contributed by atoms with van der Waals surface area (Å²) in [5.41, 5.74) is 0.125. The lowest BCUT2D eigenvalue weighted by Crippen LogP contribution is -2.20. The molecule has 1 amide bonds. The zero-order valence-electron chi connectivity index (χ0n) is 10.3. The summed E-state index contributed by atoms with van der Waals surface area (Å²) >= 11 is 0. The van der Waals surface area contributed by atoms with Gasteiger partial charge in [0.1, 0.15) is 0 Å². The van der Waals surface area contributed by atoms with Crippen LogP contribution < -0.4 is 10.9 Å². The van der Waals surface area contributed by atoms with Gasteiger partial charge in [-0.15, -0.1) is 0 Å². The van der Waals surface area contributed by atoms with E-state index in [1.807, 2.05) is 6.92 Å². The minimum atomic E-state index is -0.830. The number of rotatable bonds is 3. The van der Waals surface area contributed by atoms with E-state index in [4.69, 9.17) is 0 Å². The number of aromatic nitrogens is 2. The molecule has 1 N–H and O–H groups in total. The Balaban J connectivity index is 2.24. The van der Waals surface area contributed by atoms with Crippen LogP contribution in [0, 0.1) is 5.95 Å². The van der Waals surface area contributed by atoms with E-state index in [1.54, 1.807) is 0 Å². The van der Waals surface area contributed by atoms with Crippen LogP contribution in [-0.4, -0.2) is 15.5 Å². The van der Waals surface area contributed by atoms with Crippen LogP contribution >= 0.6 is 0 Å². The van der Waals surface area contributed by atoms with Gasteiger partial charge < -0.3 is 9.88 Å². The summed E-state index contributed by atoms with van der Waals surface area (Å²) in [5, 5.41) is 2.52. The highest BCUT2D eigenvalue weighted by molar-refractivity contribution is 6.04. The van der Waals surface area contributed by atoms with Crippen molar-refractivity contribution in [1.29, 1.82) is 0 Å². The molecule has 0 radical (unpaired) electrons. The van der Waals surface area contributed by atoms with E-state index in [2.05, 4.69) is 10.3 Å². The Morgan fingerprint density at radius 2 is 2.21 bits per heavy atom. The van der Waals surface area contributed by atoms with Crippen LogP contribution in [0.5, 0.6) is 0 Å². The van der Waals surface area contributed by atoms with Crippen LogP contribution in [0.1, 0.15) is 17.3 Å². The first kappa shape index (κ1) is 12.9. The van der Waals surface area contributed by atoms with Crippen LogP contribution in [0.4, 0.5) is 10.1 Å². The Hall–Kier alpha value is -2.50. The Labute approximate surface area is 108 Å². The monoisotopic (exact) mass is 261 g/mol. The van der Waals surface area contributed by atoms with Crippen LogP contribution in [0.2, 0.25) is 0 Å². The normalized spacial score (nSPS) is 10.2. The lowest BCUT2D eigenvalue weighted by Gasteiger charge is -2.08. The minimum Gasteiger partial charge on any atom is -0.321 e. The summed E-state index contributed by atoms with van der Waals surface area (Å²) in [5.74, 6) is -1.43. The van der Waals surface area contributed by atoms with Gasteiger partial charge in [-0.1, -0.05) is 0 Å². The summed E-state index contributed by atoms with van der Waals surface area (Å²) in [6.45, 7) is 2.30. The summed E-state index contributed by atoms with van der Waals surface area (Å²) in [6.07, 6.45) is 2.78. The minimum absolute atomic E-state index is 0.142. The predicted octanol–water partition coefficient (Wildman–Crippen LogP) is 1.65. The molecule has 0 spiro atoms. The van der Waals surface area contributed by atoms with Gasteiger partial charge in [-0.3, -0.25) is 9.59 Å². The predicted molar refractivity (Wildman–Crippen MR) is 68.5 cm³/mol. The number of halogens is 1. The lowest BCUT2D eigenvalue weighted by molar-refractivity contribution is 0.102. The van der Waals surface area contributed by atoms with Crippen molar-refractivity contribution in [3.63, 3.8) is 0 Å². The second kappa shape index (κ2) is 5.43. The van der Waals surface area contributed by atoms with Crippen molar-refractivity contribution in [2.75, 3.05) is 5.32 Å². The molecule has 0 saturated carbocycles. The molecular weight excluding hydrogens is 249 g/mol. The highest BCUT2D eigenvalue weighted by Gasteiger charge is 2.12. The molecule has 19 heavy (non-hydrogen) atoms. The van der Waals surface area contributed by atoms with Crippen LogP contribution in [0.25, 0.3) is 0 Å². The summed E-state index contributed by atoms with van der Waals surface area (Å²) < 4.78 is 14.8. The van der Waals surface area contributed by atoms with Crippen LogP contribution in [0.3, 0.4) is 0 Å². The fourth-order valence-electron chi connectivity index (χ4n) is 1.61. The Morgan fingerprint density at radius 1 is 1.42 bits per heavy atom. The van der Waals surface area contributed by atoms with E-state index >= 15 is 0 Å². The first-order valence-electron chi connectivity index (χ1n) is 5.74. The standard InChI is InChI=1S/C13H12FN3O2/c1-2-17-8-9(5-6-11(17)18)16-13(19)10-4-3-7-15-12(10)14/h3-8H,2H2,1H3,(H,16,19). The van der Waals surface area contributed by atoms with Crippen molar-refractivity contribution < 1.29 is 9.18 Å². The number of hydrogen-bond acceptors (Lipinski definition) is 3. The van der Waals surface area contributed by atoms with Crippen molar-refractivity contribution in [1.82, 2.24) is 9.55 Å². The zero-order chi connectivity index (χ0) is 13.8. The van der Waals surface area contributed by atoms with E-state index in [1.165, 1.54) is 41.2 Å². The maximum Gasteiger partial charge on any atom is 0.260 e. The molecule has 6 heteroatoms. The van der Waals surface area contributed by atoms with Crippen LogP contribution in [-0.2, 0) is 6.54 Å².